The van der Waals surface area contributed by atoms with Crippen molar-refractivity contribution < 1.29 is 4.42 Å². The molecule has 1 aromatic heterocycles. The normalized spacial score (nSPS) is 17.4. The summed E-state index contributed by atoms with van der Waals surface area (Å²) in [6.07, 6.45) is 1.16. The van der Waals surface area contributed by atoms with Gasteiger partial charge in [-0.15, -0.1) is 11.8 Å². The van der Waals surface area contributed by atoms with Gasteiger partial charge in [-0.25, -0.2) is 0 Å². The average molecular weight is 227 g/mol. The lowest BCUT2D eigenvalue weighted by Crippen LogP contribution is -2.23. The minimum atomic E-state index is 0.120. The Morgan fingerprint density at radius 3 is 2.47 bits per heavy atom. The monoisotopic (exact) mass is 227 g/mol. The minimum Gasteiger partial charge on any atom is -0.465 e. The van der Waals surface area contributed by atoms with E-state index >= 15 is 0 Å². The van der Waals surface area contributed by atoms with Crippen molar-refractivity contribution >= 4 is 11.8 Å². The van der Waals surface area contributed by atoms with E-state index in [-0.39, 0.29) is 11.3 Å². The third-order valence-electron chi connectivity index (χ3n) is 2.47. The Bertz CT molecular complexity index is 296. The lowest BCUT2D eigenvalue weighted by Gasteiger charge is -2.21. The van der Waals surface area contributed by atoms with Crippen molar-refractivity contribution in [2.45, 2.75) is 50.7 Å². The standard InChI is InChI=1S/C12H21NOS/c1-5-9(3)15-12(10(4)13)11-7-6-8(2)14-11/h6-7,9-10,12H,5,13H2,1-4H3. The van der Waals surface area contributed by atoms with Gasteiger partial charge in [0.1, 0.15) is 11.5 Å². The van der Waals surface area contributed by atoms with Crippen LogP contribution in [-0.2, 0) is 0 Å². The van der Waals surface area contributed by atoms with Crippen LogP contribution in [-0.4, -0.2) is 11.3 Å². The quantitative estimate of drug-likeness (QED) is 0.836. The first-order chi connectivity index (χ1) is 7.04. The van der Waals surface area contributed by atoms with Gasteiger partial charge in [-0.2, -0.15) is 0 Å². The van der Waals surface area contributed by atoms with Gasteiger partial charge >= 0.3 is 0 Å². The van der Waals surface area contributed by atoms with E-state index in [0.29, 0.717) is 5.25 Å². The molecule has 86 valence electrons. The molecule has 2 N–H and O–H groups in total. The molecule has 3 atom stereocenters. The molecule has 3 unspecified atom stereocenters. The molecule has 1 aromatic rings. The molecule has 15 heavy (non-hydrogen) atoms. The molecule has 0 saturated carbocycles. The first-order valence-electron chi connectivity index (χ1n) is 5.52. The van der Waals surface area contributed by atoms with Gasteiger partial charge in [-0.1, -0.05) is 13.8 Å². The van der Waals surface area contributed by atoms with Crippen LogP contribution in [0.25, 0.3) is 0 Å². The van der Waals surface area contributed by atoms with Crippen LogP contribution < -0.4 is 5.73 Å². The van der Waals surface area contributed by atoms with Crippen LogP contribution in [0, 0.1) is 6.92 Å². The van der Waals surface area contributed by atoms with Crippen LogP contribution in [0.2, 0.25) is 0 Å². The molecule has 0 bridgehead atoms. The summed E-state index contributed by atoms with van der Waals surface area (Å²) in [5.41, 5.74) is 6.00. The molecule has 0 saturated heterocycles. The SMILES string of the molecule is CCC(C)SC(c1ccc(C)o1)C(C)N. The van der Waals surface area contributed by atoms with Crippen LogP contribution in [0.1, 0.15) is 44.0 Å². The van der Waals surface area contributed by atoms with E-state index in [9.17, 15) is 0 Å². The van der Waals surface area contributed by atoms with E-state index < -0.39 is 0 Å². The Hall–Kier alpha value is -0.410. The molecule has 0 fully saturated rings. The molecule has 2 nitrogen and oxygen atoms in total. The largest absolute Gasteiger partial charge is 0.465 e. The molecular weight excluding hydrogens is 206 g/mol. The molecule has 0 aromatic carbocycles. The summed E-state index contributed by atoms with van der Waals surface area (Å²) in [6.45, 7) is 8.44. The van der Waals surface area contributed by atoms with Crippen molar-refractivity contribution in [2.75, 3.05) is 0 Å². The lowest BCUT2D eigenvalue weighted by atomic mass is 10.2. The maximum Gasteiger partial charge on any atom is 0.118 e. The maximum atomic E-state index is 6.00. The van der Waals surface area contributed by atoms with Gasteiger partial charge in [0.2, 0.25) is 0 Å². The van der Waals surface area contributed by atoms with Gasteiger partial charge in [-0.05, 0) is 32.4 Å². The fourth-order valence-electron chi connectivity index (χ4n) is 1.40. The maximum absolute atomic E-state index is 6.00. The summed E-state index contributed by atoms with van der Waals surface area (Å²) in [4.78, 5) is 0. The van der Waals surface area contributed by atoms with E-state index in [1.807, 2.05) is 37.7 Å². The molecule has 1 heterocycles. The van der Waals surface area contributed by atoms with Crippen molar-refractivity contribution in [1.82, 2.24) is 0 Å². The van der Waals surface area contributed by atoms with E-state index in [2.05, 4.69) is 13.8 Å². The smallest absolute Gasteiger partial charge is 0.118 e. The Morgan fingerprint density at radius 1 is 1.40 bits per heavy atom. The van der Waals surface area contributed by atoms with Crippen molar-refractivity contribution in [3.05, 3.63) is 23.7 Å². The van der Waals surface area contributed by atoms with Gasteiger partial charge in [-0.3, -0.25) is 0 Å². The number of rotatable bonds is 5. The zero-order chi connectivity index (χ0) is 11.4. The van der Waals surface area contributed by atoms with E-state index in [1.54, 1.807) is 0 Å². The number of aryl methyl sites for hydroxylation is 1. The highest BCUT2D eigenvalue weighted by Crippen LogP contribution is 2.36. The summed E-state index contributed by atoms with van der Waals surface area (Å²) in [7, 11) is 0. The van der Waals surface area contributed by atoms with Crippen molar-refractivity contribution in [2.24, 2.45) is 5.73 Å². The van der Waals surface area contributed by atoms with Crippen molar-refractivity contribution in [3.8, 4) is 0 Å². The van der Waals surface area contributed by atoms with E-state index in [0.717, 1.165) is 17.9 Å². The first-order valence-corrected chi connectivity index (χ1v) is 6.46. The summed E-state index contributed by atoms with van der Waals surface area (Å²) in [5, 5.41) is 0.889. The highest BCUT2D eigenvalue weighted by molar-refractivity contribution is 8.00. The number of thioether (sulfide) groups is 1. The third-order valence-corrected chi connectivity index (χ3v) is 4.23. The zero-order valence-electron chi connectivity index (χ0n) is 9.99. The fraction of sp³-hybridized carbons (Fsp3) is 0.667. The second kappa shape index (κ2) is 5.61. The van der Waals surface area contributed by atoms with Gasteiger partial charge in [0, 0.05) is 11.3 Å². The average Bonchev–Trinajstić information content (AvgIpc) is 2.60. The fourth-order valence-corrected chi connectivity index (χ4v) is 2.60. The molecule has 0 amide bonds. The van der Waals surface area contributed by atoms with Crippen molar-refractivity contribution in [3.63, 3.8) is 0 Å². The van der Waals surface area contributed by atoms with Gasteiger partial charge in [0.05, 0.1) is 5.25 Å². The molecule has 0 radical (unpaired) electrons. The van der Waals surface area contributed by atoms with Crippen LogP contribution in [0.15, 0.2) is 16.5 Å². The molecule has 3 heteroatoms. The van der Waals surface area contributed by atoms with Gasteiger partial charge < -0.3 is 10.2 Å². The molecule has 1 rings (SSSR count). The Kier molecular flexibility index (Phi) is 4.74. The summed E-state index contributed by atoms with van der Waals surface area (Å²) in [6, 6.07) is 4.16. The molecule has 0 aliphatic heterocycles. The Labute approximate surface area is 96.6 Å². The second-order valence-electron chi connectivity index (χ2n) is 4.08. The van der Waals surface area contributed by atoms with Crippen LogP contribution in [0.4, 0.5) is 0 Å². The zero-order valence-corrected chi connectivity index (χ0v) is 10.8. The first kappa shape index (κ1) is 12.7. The Balaban J connectivity index is 2.74. The lowest BCUT2D eigenvalue weighted by molar-refractivity contribution is 0.464. The van der Waals surface area contributed by atoms with Crippen LogP contribution in [0.3, 0.4) is 0 Å². The number of hydrogen-bond acceptors (Lipinski definition) is 3. The second-order valence-corrected chi connectivity index (χ2v) is 5.67. The van der Waals surface area contributed by atoms with Gasteiger partial charge in [0.25, 0.3) is 0 Å². The summed E-state index contributed by atoms with van der Waals surface area (Å²) < 4.78 is 5.65. The molecular formula is C12H21NOS. The minimum absolute atomic E-state index is 0.120. The molecule has 0 aliphatic rings. The predicted molar refractivity (Wildman–Crippen MR) is 67.2 cm³/mol. The van der Waals surface area contributed by atoms with Crippen LogP contribution >= 0.6 is 11.8 Å². The third kappa shape index (κ3) is 3.58. The molecule has 0 spiro atoms. The van der Waals surface area contributed by atoms with E-state index in [4.69, 9.17) is 10.2 Å². The summed E-state index contributed by atoms with van der Waals surface area (Å²) >= 11 is 1.90. The number of furan rings is 1. The van der Waals surface area contributed by atoms with Gasteiger partial charge in [0.15, 0.2) is 0 Å². The topological polar surface area (TPSA) is 39.2 Å². The van der Waals surface area contributed by atoms with E-state index in [1.165, 1.54) is 0 Å². The van der Waals surface area contributed by atoms with Crippen LogP contribution in [0.5, 0.6) is 0 Å². The Morgan fingerprint density at radius 2 is 2.07 bits per heavy atom. The number of nitrogens with two attached hydrogens (primary N) is 1. The highest BCUT2D eigenvalue weighted by atomic mass is 32.2. The van der Waals surface area contributed by atoms with Crippen molar-refractivity contribution in [1.29, 1.82) is 0 Å². The predicted octanol–water partition coefficient (Wildman–Crippen LogP) is 3.51. The number of hydrogen-bond donors (Lipinski definition) is 1. The summed E-state index contributed by atoms with van der Waals surface area (Å²) in [5.74, 6) is 1.97. The molecule has 0 aliphatic carbocycles. The highest BCUT2D eigenvalue weighted by Gasteiger charge is 2.22.